The molecule has 0 spiro atoms. The van der Waals surface area contributed by atoms with Gasteiger partial charge in [-0.15, -0.1) is 0 Å². The van der Waals surface area contributed by atoms with E-state index in [-0.39, 0.29) is 6.61 Å². The monoisotopic (exact) mass is 225 g/mol. The number of morpholine rings is 1. The Bertz CT molecular complexity index is 329. The fourth-order valence-electron chi connectivity index (χ4n) is 1.46. The van der Waals surface area contributed by atoms with Crippen LogP contribution < -0.4 is 10.2 Å². The lowest BCUT2D eigenvalue weighted by Gasteiger charge is -2.26. The van der Waals surface area contributed by atoms with Gasteiger partial charge in [0.2, 0.25) is 11.9 Å². The van der Waals surface area contributed by atoms with Gasteiger partial charge in [-0.25, -0.2) is 9.97 Å². The Balaban J connectivity index is 2.02. The number of anilines is 2. The quantitative estimate of drug-likeness (QED) is 0.688. The number of nitrogens with zero attached hydrogens (tertiary/aromatic N) is 4. The van der Waals surface area contributed by atoms with E-state index in [2.05, 4.69) is 25.2 Å². The molecule has 0 radical (unpaired) electrons. The molecule has 7 nitrogen and oxygen atoms in total. The molecule has 0 amide bonds. The summed E-state index contributed by atoms with van der Waals surface area (Å²) in [6, 6.07) is 0. The van der Waals surface area contributed by atoms with Crippen LogP contribution in [0, 0.1) is 0 Å². The number of hydrogen-bond donors (Lipinski definition) is 2. The van der Waals surface area contributed by atoms with Gasteiger partial charge in [0, 0.05) is 19.6 Å². The molecule has 7 heteroatoms. The molecule has 2 heterocycles. The largest absolute Gasteiger partial charge is 0.395 e. The van der Waals surface area contributed by atoms with Crippen LogP contribution in [0.25, 0.3) is 0 Å². The van der Waals surface area contributed by atoms with Crippen molar-refractivity contribution in [3.63, 3.8) is 0 Å². The van der Waals surface area contributed by atoms with Crippen molar-refractivity contribution in [3.8, 4) is 0 Å². The number of hydrogen-bond acceptors (Lipinski definition) is 7. The molecule has 0 unspecified atom stereocenters. The number of aliphatic hydroxyl groups excluding tert-OH is 1. The highest BCUT2D eigenvalue weighted by Crippen LogP contribution is 2.09. The molecule has 88 valence electrons. The summed E-state index contributed by atoms with van der Waals surface area (Å²) in [5, 5.41) is 11.6. The third kappa shape index (κ3) is 2.77. The zero-order valence-corrected chi connectivity index (χ0v) is 8.96. The first kappa shape index (κ1) is 11.0. The molecule has 0 aromatic carbocycles. The molecule has 0 aliphatic carbocycles. The van der Waals surface area contributed by atoms with Gasteiger partial charge in [-0.05, 0) is 0 Å². The van der Waals surface area contributed by atoms with Crippen molar-refractivity contribution in [1.29, 1.82) is 0 Å². The van der Waals surface area contributed by atoms with Crippen LogP contribution in [0.4, 0.5) is 11.9 Å². The smallest absolute Gasteiger partial charge is 0.230 e. The number of aliphatic hydroxyl groups is 1. The lowest BCUT2D eigenvalue weighted by molar-refractivity contribution is 0.122. The van der Waals surface area contributed by atoms with Crippen molar-refractivity contribution in [2.75, 3.05) is 49.7 Å². The van der Waals surface area contributed by atoms with Crippen molar-refractivity contribution in [2.45, 2.75) is 0 Å². The first-order valence-corrected chi connectivity index (χ1v) is 5.26. The number of nitrogens with one attached hydrogen (secondary N) is 1. The van der Waals surface area contributed by atoms with Crippen LogP contribution in [-0.4, -0.2) is 59.5 Å². The third-order valence-corrected chi connectivity index (χ3v) is 2.25. The molecular formula is C9H15N5O2. The Morgan fingerprint density at radius 1 is 1.38 bits per heavy atom. The molecule has 1 aliphatic heterocycles. The molecule has 1 fully saturated rings. The van der Waals surface area contributed by atoms with E-state index in [9.17, 15) is 0 Å². The van der Waals surface area contributed by atoms with Gasteiger partial charge in [0.15, 0.2) is 0 Å². The summed E-state index contributed by atoms with van der Waals surface area (Å²) < 4.78 is 5.25. The van der Waals surface area contributed by atoms with Crippen LogP contribution in [0.2, 0.25) is 0 Å². The van der Waals surface area contributed by atoms with Crippen LogP contribution >= 0.6 is 0 Å². The minimum absolute atomic E-state index is 0.0541. The van der Waals surface area contributed by atoms with Gasteiger partial charge in [-0.2, -0.15) is 4.98 Å². The summed E-state index contributed by atoms with van der Waals surface area (Å²) in [5.41, 5.74) is 0. The van der Waals surface area contributed by atoms with Crippen molar-refractivity contribution in [2.24, 2.45) is 0 Å². The zero-order valence-electron chi connectivity index (χ0n) is 8.96. The second-order valence-corrected chi connectivity index (χ2v) is 3.36. The summed E-state index contributed by atoms with van der Waals surface area (Å²) in [5.74, 6) is 1.14. The third-order valence-electron chi connectivity index (χ3n) is 2.25. The van der Waals surface area contributed by atoms with Gasteiger partial charge in [0.05, 0.1) is 19.8 Å². The van der Waals surface area contributed by atoms with Crippen LogP contribution in [0.1, 0.15) is 0 Å². The topological polar surface area (TPSA) is 83.4 Å². The standard InChI is InChI=1S/C9H15N5O2/c15-4-1-10-8-11-7-12-9(13-8)14-2-5-16-6-3-14/h7,15H,1-6H2,(H,10,11,12,13). The van der Waals surface area contributed by atoms with Crippen LogP contribution in [0.3, 0.4) is 0 Å². The van der Waals surface area contributed by atoms with Gasteiger partial charge in [-0.3, -0.25) is 0 Å². The van der Waals surface area contributed by atoms with E-state index in [0.29, 0.717) is 31.7 Å². The van der Waals surface area contributed by atoms with Crippen molar-refractivity contribution < 1.29 is 9.84 Å². The molecule has 2 rings (SSSR count). The van der Waals surface area contributed by atoms with Gasteiger partial charge in [0.25, 0.3) is 0 Å². The maximum absolute atomic E-state index is 8.68. The van der Waals surface area contributed by atoms with E-state index in [1.165, 1.54) is 6.33 Å². The Kier molecular flexibility index (Phi) is 3.84. The summed E-state index contributed by atoms with van der Waals surface area (Å²) in [7, 11) is 0. The minimum atomic E-state index is 0.0541. The van der Waals surface area contributed by atoms with E-state index in [4.69, 9.17) is 9.84 Å². The summed E-state index contributed by atoms with van der Waals surface area (Å²) in [4.78, 5) is 14.4. The molecular weight excluding hydrogens is 210 g/mol. The van der Waals surface area contributed by atoms with Crippen molar-refractivity contribution in [3.05, 3.63) is 6.33 Å². The Labute approximate surface area is 93.5 Å². The SMILES string of the molecule is OCCNc1ncnc(N2CCOCC2)n1. The van der Waals surface area contributed by atoms with Crippen molar-refractivity contribution >= 4 is 11.9 Å². The van der Waals surface area contributed by atoms with Gasteiger partial charge >= 0.3 is 0 Å². The molecule has 0 atom stereocenters. The van der Waals surface area contributed by atoms with Crippen molar-refractivity contribution in [1.82, 2.24) is 15.0 Å². The molecule has 1 aliphatic rings. The number of rotatable bonds is 4. The maximum Gasteiger partial charge on any atom is 0.230 e. The molecule has 16 heavy (non-hydrogen) atoms. The molecule has 2 N–H and O–H groups in total. The highest BCUT2D eigenvalue weighted by Gasteiger charge is 2.14. The Morgan fingerprint density at radius 2 is 2.19 bits per heavy atom. The first-order valence-electron chi connectivity index (χ1n) is 5.26. The lowest BCUT2D eigenvalue weighted by Crippen LogP contribution is -2.37. The average Bonchev–Trinajstić information content (AvgIpc) is 2.38. The first-order chi connectivity index (χ1) is 7.90. The van der Waals surface area contributed by atoms with Gasteiger partial charge in [0.1, 0.15) is 6.33 Å². The van der Waals surface area contributed by atoms with Crippen LogP contribution in [-0.2, 0) is 4.74 Å². The van der Waals surface area contributed by atoms with Crippen LogP contribution in [0.5, 0.6) is 0 Å². The maximum atomic E-state index is 8.68. The second kappa shape index (κ2) is 5.57. The second-order valence-electron chi connectivity index (χ2n) is 3.36. The number of aromatic nitrogens is 3. The van der Waals surface area contributed by atoms with Crippen LogP contribution in [0.15, 0.2) is 6.33 Å². The number of ether oxygens (including phenoxy) is 1. The summed E-state index contributed by atoms with van der Waals surface area (Å²) in [6.45, 7) is 3.48. The van der Waals surface area contributed by atoms with E-state index in [1.807, 2.05) is 0 Å². The molecule has 1 saturated heterocycles. The normalized spacial score (nSPS) is 16.2. The Hall–Kier alpha value is -1.47. The average molecular weight is 225 g/mol. The fraction of sp³-hybridized carbons (Fsp3) is 0.667. The van der Waals surface area contributed by atoms with E-state index in [0.717, 1.165) is 13.1 Å². The molecule has 0 saturated carbocycles. The van der Waals surface area contributed by atoms with E-state index < -0.39 is 0 Å². The van der Waals surface area contributed by atoms with Gasteiger partial charge in [-0.1, -0.05) is 0 Å². The van der Waals surface area contributed by atoms with E-state index in [1.54, 1.807) is 0 Å². The fourth-order valence-corrected chi connectivity index (χ4v) is 1.46. The summed E-state index contributed by atoms with van der Waals surface area (Å²) >= 11 is 0. The van der Waals surface area contributed by atoms with Gasteiger partial charge < -0.3 is 20.1 Å². The predicted molar refractivity (Wildman–Crippen MR) is 58.4 cm³/mol. The summed E-state index contributed by atoms with van der Waals surface area (Å²) in [6.07, 6.45) is 1.47. The minimum Gasteiger partial charge on any atom is -0.395 e. The molecule has 1 aromatic rings. The molecule has 0 bridgehead atoms. The molecule has 1 aromatic heterocycles. The van der Waals surface area contributed by atoms with E-state index >= 15 is 0 Å². The zero-order chi connectivity index (χ0) is 11.2. The highest BCUT2D eigenvalue weighted by molar-refractivity contribution is 5.35. The highest BCUT2D eigenvalue weighted by atomic mass is 16.5. The Morgan fingerprint density at radius 3 is 2.94 bits per heavy atom. The predicted octanol–water partition coefficient (Wildman–Crippen LogP) is -0.888. The lowest BCUT2D eigenvalue weighted by atomic mass is 10.4.